The summed E-state index contributed by atoms with van der Waals surface area (Å²) in [5.74, 6) is 0. The third-order valence-electron chi connectivity index (χ3n) is 2.36. The van der Waals surface area contributed by atoms with Gasteiger partial charge < -0.3 is 5.32 Å². The quantitative estimate of drug-likeness (QED) is 0.852. The molecule has 0 aliphatic rings. The van der Waals surface area contributed by atoms with Crippen LogP contribution < -0.4 is 5.32 Å². The van der Waals surface area contributed by atoms with Gasteiger partial charge in [0.05, 0.1) is 17.4 Å². The number of hydrogen-bond donors (Lipinski definition) is 1. The first kappa shape index (κ1) is 10.9. The Morgan fingerprint density at radius 1 is 1.31 bits per heavy atom. The normalized spacial score (nSPS) is 11.0. The molecule has 2 aromatic rings. The predicted octanol–water partition coefficient (Wildman–Crippen LogP) is 3.52. The van der Waals surface area contributed by atoms with Gasteiger partial charge in [-0.2, -0.15) is 0 Å². The van der Waals surface area contributed by atoms with Crippen molar-refractivity contribution in [3.63, 3.8) is 0 Å². The zero-order valence-corrected chi connectivity index (χ0v) is 9.50. The molecule has 1 N–H and O–H groups in total. The number of fused-ring (bicyclic) bond motifs is 1. The van der Waals surface area contributed by atoms with Gasteiger partial charge in [0, 0.05) is 11.4 Å². The van der Waals surface area contributed by atoms with Crippen molar-refractivity contribution in [2.75, 3.05) is 5.32 Å². The van der Waals surface area contributed by atoms with Crippen LogP contribution in [0.5, 0.6) is 0 Å². The molecule has 1 heterocycles. The van der Waals surface area contributed by atoms with Crippen molar-refractivity contribution in [1.82, 2.24) is 4.98 Å². The second kappa shape index (κ2) is 4.47. The van der Waals surface area contributed by atoms with Crippen LogP contribution >= 0.6 is 0 Å². The first-order valence-corrected chi connectivity index (χ1v) is 5.40. The van der Waals surface area contributed by atoms with Gasteiger partial charge in [-0.05, 0) is 37.6 Å². The average Bonchev–Trinajstić information content (AvgIpc) is 2.27. The predicted molar refractivity (Wildman–Crippen MR) is 65.3 cm³/mol. The van der Waals surface area contributed by atoms with E-state index in [0.29, 0.717) is 11.6 Å². The van der Waals surface area contributed by atoms with Crippen molar-refractivity contribution in [2.24, 2.45) is 0 Å². The molecule has 1 aromatic heterocycles. The van der Waals surface area contributed by atoms with Gasteiger partial charge in [0.1, 0.15) is 6.67 Å². The van der Waals surface area contributed by atoms with E-state index < -0.39 is 6.67 Å². The SMILES string of the molecule is CC(C)Nc1cnc2ccc(CF)cc2c1. The molecular formula is C13H15FN2. The minimum atomic E-state index is -0.433. The number of anilines is 1. The van der Waals surface area contributed by atoms with E-state index in [9.17, 15) is 4.39 Å². The van der Waals surface area contributed by atoms with Crippen LogP contribution in [0.15, 0.2) is 30.5 Å². The van der Waals surface area contributed by atoms with Gasteiger partial charge in [-0.1, -0.05) is 6.07 Å². The Bertz CT molecular complexity index is 494. The second-order valence-corrected chi connectivity index (χ2v) is 4.18. The number of alkyl halides is 1. The van der Waals surface area contributed by atoms with Gasteiger partial charge in [-0.3, -0.25) is 4.98 Å². The standard InChI is InChI=1S/C13H15FN2/c1-9(2)16-12-6-11-5-10(7-14)3-4-13(11)15-8-12/h3-6,8-9,16H,7H2,1-2H3. The van der Waals surface area contributed by atoms with Crippen LogP contribution in [0, 0.1) is 0 Å². The van der Waals surface area contributed by atoms with E-state index in [4.69, 9.17) is 0 Å². The van der Waals surface area contributed by atoms with Crippen molar-refractivity contribution in [1.29, 1.82) is 0 Å². The Labute approximate surface area is 94.5 Å². The first-order valence-electron chi connectivity index (χ1n) is 5.40. The van der Waals surface area contributed by atoms with E-state index in [1.54, 1.807) is 12.3 Å². The lowest BCUT2D eigenvalue weighted by Crippen LogP contribution is -2.09. The number of rotatable bonds is 3. The molecule has 0 radical (unpaired) electrons. The van der Waals surface area contributed by atoms with E-state index in [2.05, 4.69) is 24.1 Å². The fourth-order valence-corrected chi connectivity index (χ4v) is 1.68. The van der Waals surface area contributed by atoms with E-state index in [0.717, 1.165) is 16.6 Å². The summed E-state index contributed by atoms with van der Waals surface area (Å²) in [6, 6.07) is 7.83. The van der Waals surface area contributed by atoms with Crippen LogP contribution in [0.4, 0.5) is 10.1 Å². The number of pyridine rings is 1. The van der Waals surface area contributed by atoms with Crippen LogP contribution in [-0.4, -0.2) is 11.0 Å². The Hall–Kier alpha value is -1.64. The summed E-state index contributed by atoms with van der Waals surface area (Å²) in [4.78, 5) is 4.32. The maximum atomic E-state index is 12.5. The summed E-state index contributed by atoms with van der Waals surface area (Å²) in [6.07, 6.45) is 1.80. The molecule has 2 nitrogen and oxygen atoms in total. The monoisotopic (exact) mass is 218 g/mol. The Morgan fingerprint density at radius 2 is 2.12 bits per heavy atom. The average molecular weight is 218 g/mol. The Kier molecular flexibility index (Phi) is 3.04. The third-order valence-corrected chi connectivity index (χ3v) is 2.36. The zero-order valence-electron chi connectivity index (χ0n) is 9.50. The smallest absolute Gasteiger partial charge is 0.115 e. The van der Waals surface area contributed by atoms with E-state index in [1.807, 2.05) is 18.2 Å². The number of aromatic nitrogens is 1. The van der Waals surface area contributed by atoms with Crippen LogP contribution in [-0.2, 0) is 6.67 Å². The first-order chi connectivity index (χ1) is 7.69. The van der Waals surface area contributed by atoms with E-state index in [1.165, 1.54) is 0 Å². The van der Waals surface area contributed by atoms with Gasteiger partial charge in [0.25, 0.3) is 0 Å². The molecule has 16 heavy (non-hydrogen) atoms. The highest BCUT2D eigenvalue weighted by Crippen LogP contribution is 2.19. The molecule has 0 saturated heterocycles. The maximum Gasteiger partial charge on any atom is 0.115 e. The molecule has 0 aliphatic heterocycles. The lowest BCUT2D eigenvalue weighted by molar-refractivity contribution is 0.485. The highest BCUT2D eigenvalue weighted by molar-refractivity contribution is 5.82. The summed E-state index contributed by atoms with van der Waals surface area (Å²) in [6.45, 7) is 3.71. The van der Waals surface area contributed by atoms with Gasteiger partial charge in [0.2, 0.25) is 0 Å². The van der Waals surface area contributed by atoms with Crippen molar-refractivity contribution in [3.05, 3.63) is 36.0 Å². The van der Waals surface area contributed by atoms with Gasteiger partial charge >= 0.3 is 0 Å². The summed E-state index contributed by atoms with van der Waals surface area (Å²) >= 11 is 0. The van der Waals surface area contributed by atoms with Crippen LogP contribution in [0.3, 0.4) is 0 Å². The van der Waals surface area contributed by atoms with Gasteiger partial charge in [0.15, 0.2) is 0 Å². The van der Waals surface area contributed by atoms with Crippen molar-refractivity contribution in [3.8, 4) is 0 Å². The molecule has 2 rings (SSSR count). The highest BCUT2D eigenvalue weighted by Gasteiger charge is 2.00. The summed E-state index contributed by atoms with van der Waals surface area (Å²) < 4.78 is 12.5. The van der Waals surface area contributed by atoms with Crippen molar-refractivity contribution >= 4 is 16.6 Å². The Morgan fingerprint density at radius 3 is 2.81 bits per heavy atom. The van der Waals surface area contributed by atoms with Crippen molar-refractivity contribution < 1.29 is 4.39 Å². The number of nitrogens with zero attached hydrogens (tertiary/aromatic N) is 1. The van der Waals surface area contributed by atoms with Crippen LogP contribution in [0.2, 0.25) is 0 Å². The molecule has 0 atom stereocenters. The molecule has 0 saturated carbocycles. The second-order valence-electron chi connectivity index (χ2n) is 4.18. The van der Waals surface area contributed by atoms with E-state index >= 15 is 0 Å². The summed E-state index contributed by atoms with van der Waals surface area (Å²) in [7, 11) is 0. The fourth-order valence-electron chi connectivity index (χ4n) is 1.68. The third kappa shape index (κ3) is 2.30. The van der Waals surface area contributed by atoms with Crippen molar-refractivity contribution in [2.45, 2.75) is 26.6 Å². The Balaban J connectivity index is 2.42. The number of benzene rings is 1. The maximum absolute atomic E-state index is 12.5. The lowest BCUT2D eigenvalue weighted by Gasteiger charge is -2.10. The highest BCUT2D eigenvalue weighted by atomic mass is 19.1. The van der Waals surface area contributed by atoms with E-state index in [-0.39, 0.29) is 0 Å². The molecule has 3 heteroatoms. The zero-order chi connectivity index (χ0) is 11.5. The number of halogens is 1. The van der Waals surface area contributed by atoms with Crippen LogP contribution in [0.25, 0.3) is 10.9 Å². The molecule has 0 unspecified atom stereocenters. The van der Waals surface area contributed by atoms with Gasteiger partial charge in [-0.25, -0.2) is 4.39 Å². The summed E-state index contributed by atoms with van der Waals surface area (Å²) in [5, 5.41) is 4.25. The number of hydrogen-bond acceptors (Lipinski definition) is 2. The van der Waals surface area contributed by atoms with Gasteiger partial charge in [-0.15, -0.1) is 0 Å². The number of nitrogens with one attached hydrogen (secondary N) is 1. The molecule has 1 aromatic carbocycles. The molecular weight excluding hydrogens is 203 g/mol. The minimum Gasteiger partial charge on any atom is -0.382 e. The molecule has 0 aliphatic carbocycles. The fraction of sp³-hybridized carbons (Fsp3) is 0.308. The topological polar surface area (TPSA) is 24.9 Å². The molecule has 0 amide bonds. The lowest BCUT2D eigenvalue weighted by atomic mass is 10.1. The molecule has 0 fully saturated rings. The molecule has 0 spiro atoms. The largest absolute Gasteiger partial charge is 0.382 e. The molecule has 0 bridgehead atoms. The van der Waals surface area contributed by atoms with Crippen LogP contribution in [0.1, 0.15) is 19.4 Å². The summed E-state index contributed by atoms with van der Waals surface area (Å²) in [5.41, 5.74) is 2.56. The minimum absolute atomic E-state index is 0.364. The molecule has 84 valence electrons.